The van der Waals surface area contributed by atoms with Crippen molar-refractivity contribution in [2.24, 2.45) is 0 Å². The van der Waals surface area contributed by atoms with Gasteiger partial charge in [0, 0.05) is 0 Å². The smallest absolute Gasteiger partial charge is 0.119 e. The van der Waals surface area contributed by atoms with Crippen molar-refractivity contribution in [3.63, 3.8) is 0 Å². The molecule has 0 N–H and O–H groups in total. The maximum Gasteiger partial charge on any atom is 0.119 e. The second-order valence-electron chi connectivity index (χ2n) is 5.65. The first-order valence-electron chi connectivity index (χ1n) is 8.09. The highest BCUT2D eigenvalue weighted by atomic mass is 16.5. The van der Waals surface area contributed by atoms with Gasteiger partial charge in [0.15, 0.2) is 0 Å². The summed E-state index contributed by atoms with van der Waals surface area (Å²) < 4.78 is 5.80. The van der Waals surface area contributed by atoms with Gasteiger partial charge >= 0.3 is 0 Å². The highest BCUT2D eigenvalue weighted by molar-refractivity contribution is 5.64. The fourth-order valence-electron chi connectivity index (χ4n) is 2.39. The van der Waals surface area contributed by atoms with Crippen molar-refractivity contribution in [1.29, 1.82) is 0 Å². The summed E-state index contributed by atoms with van der Waals surface area (Å²) in [6.07, 6.45) is 6.38. The van der Waals surface area contributed by atoms with E-state index < -0.39 is 0 Å². The van der Waals surface area contributed by atoms with E-state index in [2.05, 4.69) is 62.4 Å². The van der Waals surface area contributed by atoms with Gasteiger partial charge in [0.05, 0.1) is 6.61 Å². The van der Waals surface area contributed by atoms with Crippen LogP contribution in [0.25, 0.3) is 11.1 Å². The molecule has 0 atom stereocenters. The van der Waals surface area contributed by atoms with Gasteiger partial charge < -0.3 is 4.74 Å². The molecule has 0 aromatic heterocycles. The van der Waals surface area contributed by atoms with E-state index in [9.17, 15) is 0 Å². The Balaban J connectivity index is 1.80. The zero-order chi connectivity index (χ0) is 14.9. The number of unbranched alkanes of at least 4 members (excludes halogenated alkanes) is 4. The largest absolute Gasteiger partial charge is 0.494 e. The highest BCUT2D eigenvalue weighted by Gasteiger charge is 1.99. The van der Waals surface area contributed by atoms with E-state index >= 15 is 0 Å². The van der Waals surface area contributed by atoms with Gasteiger partial charge in [-0.05, 0) is 36.6 Å². The van der Waals surface area contributed by atoms with Crippen molar-refractivity contribution in [3.8, 4) is 16.9 Å². The molecule has 0 heterocycles. The third kappa shape index (κ3) is 5.26. The Bertz CT molecular complexity index is 511. The monoisotopic (exact) mass is 282 g/mol. The van der Waals surface area contributed by atoms with E-state index in [1.54, 1.807) is 0 Å². The van der Waals surface area contributed by atoms with Crippen LogP contribution < -0.4 is 4.74 Å². The predicted octanol–water partition coefficient (Wildman–Crippen LogP) is 6.01. The maximum absolute atomic E-state index is 5.80. The lowest BCUT2D eigenvalue weighted by Crippen LogP contribution is -1.97. The van der Waals surface area contributed by atoms with Crippen LogP contribution in [0.5, 0.6) is 5.75 Å². The van der Waals surface area contributed by atoms with Crippen LogP contribution in [0.15, 0.2) is 48.5 Å². The van der Waals surface area contributed by atoms with Crippen molar-refractivity contribution in [2.45, 2.75) is 46.0 Å². The average Bonchev–Trinajstić information content (AvgIpc) is 2.52. The van der Waals surface area contributed by atoms with E-state index in [1.807, 2.05) is 0 Å². The number of ether oxygens (including phenoxy) is 1. The molecule has 0 aliphatic rings. The van der Waals surface area contributed by atoms with Crippen LogP contribution in [0.3, 0.4) is 0 Å². The molecule has 0 aliphatic carbocycles. The maximum atomic E-state index is 5.80. The molecule has 21 heavy (non-hydrogen) atoms. The normalized spacial score (nSPS) is 10.6. The third-order valence-corrected chi connectivity index (χ3v) is 3.76. The number of benzene rings is 2. The van der Waals surface area contributed by atoms with Crippen molar-refractivity contribution in [2.75, 3.05) is 6.61 Å². The number of hydrogen-bond acceptors (Lipinski definition) is 1. The predicted molar refractivity (Wildman–Crippen MR) is 90.9 cm³/mol. The van der Waals surface area contributed by atoms with Gasteiger partial charge in [0.2, 0.25) is 0 Å². The van der Waals surface area contributed by atoms with Gasteiger partial charge in [-0.15, -0.1) is 0 Å². The van der Waals surface area contributed by atoms with E-state index in [-0.39, 0.29) is 0 Å². The van der Waals surface area contributed by atoms with Crippen LogP contribution in [0.4, 0.5) is 0 Å². The molecule has 0 bridgehead atoms. The summed E-state index contributed by atoms with van der Waals surface area (Å²) in [6, 6.07) is 17.0. The molecule has 0 fully saturated rings. The van der Waals surface area contributed by atoms with Crippen LogP contribution >= 0.6 is 0 Å². The first kappa shape index (κ1) is 15.6. The number of hydrogen-bond donors (Lipinski definition) is 0. The molecule has 0 unspecified atom stereocenters. The Morgan fingerprint density at radius 1 is 0.714 bits per heavy atom. The fraction of sp³-hybridized carbons (Fsp3) is 0.400. The summed E-state index contributed by atoms with van der Waals surface area (Å²) in [6.45, 7) is 5.18. The van der Waals surface area contributed by atoms with Crippen molar-refractivity contribution >= 4 is 0 Å². The van der Waals surface area contributed by atoms with Gasteiger partial charge in [-0.1, -0.05) is 74.6 Å². The van der Waals surface area contributed by atoms with Crippen LogP contribution in [0.1, 0.15) is 44.6 Å². The molecule has 2 aromatic carbocycles. The first-order valence-corrected chi connectivity index (χ1v) is 8.09. The minimum Gasteiger partial charge on any atom is -0.494 e. The lowest BCUT2D eigenvalue weighted by atomic mass is 10.0. The highest BCUT2D eigenvalue weighted by Crippen LogP contribution is 2.22. The molecule has 2 rings (SSSR count). The molecule has 1 nitrogen and oxygen atoms in total. The summed E-state index contributed by atoms with van der Waals surface area (Å²) in [5.41, 5.74) is 3.79. The zero-order valence-electron chi connectivity index (χ0n) is 13.3. The Morgan fingerprint density at radius 3 is 1.90 bits per heavy atom. The Kier molecular flexibility index (Phi) is 6.33. The molecule has 0 spiro atoms. The summed E-state index contributed by atoms with van der Waals surface area (Å²) >= 11 is 0. The van der Waals surface area contributed by atoms with Crippen LogP contribution in [-0.2, 0) is 0 Å². The molecule has 0 saturated heterocycles. The Morgan fingerprint density at radius 2 is 1.29 bits per heavy atom. The molecule has 0 radical (unpaired) electrons. The van der Waals surface area contributed by atoms with Crippen molar-refractivity contribution in [3.05, 3.63) is 54.1 Å². The fourth-order valence-corrected chi connectivity index (χ4v) is 2.39. The summed E-state index contributed by atoms with van der Waals surface area (Å²) in [7, 11) is 0. The van der Waals surface area contributed by atoms with E-state index in [4.69, 9.17) is 4.74 Å². The molecule has 1 heteroatoms. The van der Waals surface area contributed by atoms with Gasteiger partial charge in [-0.25, -0.2) is 0 Å². The number of aryl methyl sites for hydroxylation is 1. The number of rotatable bonds is 8. The minimum absolute atomic E-state index is 0.827. The summed E-state index contributed by atoms with van der Waals surface area (Å²) in [5.74, 6) is 0.973. The Labute approximate surface area is 129 Å². The SMILES string of the molecule is CCCCCCCOc1ccc(-c2ccc(C)cc2)cc1. The first-order chi connectivity index (χ1) is 10.3. The lowest BCUT2D eigenvalue weighted by Gasteiger charge is -2.07. The third-order valence-electron chi connectivity index (χ3n) is 3.76. The van der Waals surface area contributed by atoms with E-state index in [0.717, 1.165) is 18.8 Å². The standard InChI is InChI=1S/C20H26O/c1-3-4-5-6-7-16-21-20-14-12-19(13-15-20)18-10-8-17(2)9-11-18/h8-15H,3-7,16H2,1-2H3. The second-order valence-corrected chi connectivity index (χ2v) is 5.65. The van der Waals surface area contributed by atoms with Gasteiger partial charge in [0.1, 0.15) is 5.75 Å². The quantitative estimate of drug-likeness (QED) is 0.539. The van der Waals surface area contributed by atoms with Gasteiger partial charge in [0.25, 0.3) is 0 Å². The van der Waals surface area contributed by atoms with E-state index in [1.165, 1.54) is 42.4 Å². The Hall–Kier alpha value is -1.76. The second kappa shape index (κ2) is 8.51. The van der Waals surface area contributed by atoms with Crippen molar-refractivity contribution in [1.82, 2.24) is 0 Å². The minimum atomic E-state index is 0.827. The molecule has 112 valence electrons. The summed E-state index contributed by atoms with van der Waals surface area (Å²) in [5, 5.41) is 0. The van der Waals surface area contributed by atoms with Crippen molar-refractivity contribution < 1.29 is 4.74 Å². The molecule has 2 aromatic rings. The molecule has 0 saturated carbocycles. The molecular formula is C20H26O. The van der Waals surface area contributed by atoms with Gasteiger partial charge in [-0.2, -0.15) is 0 Å². The van der Waals surface area contributed by atoms with Crippen LogP contribution in [0.2, 0.25) is 0 Å². The van der Waals surface area contributed by atoms with E-state index in [0.29, 0.717) is 0 Å². The molecule has 0 aliphatic heterocycles. The average molecular weight is 282 g/mol. The van der Waals surface area contributed by atoms with Gasteiger partial charge in [-0.3, -0.25) is 0 Å². The zero-order valence-corrected chi connectivity index (χ0v) is 13.3. The topological polar surface area (TPSA) is 9.23 Å². The van der Waals surface area contributed by atoms with Crippen LogP contribution in [-0.4, -0.2) is 6.61 Å². The lowest BCUT2D eigenvalue weighted by molar-refractivity contribution is 0.304. The molecule has 0 amide bonds. The molecular weight excluding hydrogens is 256 g/mol. The summed E-state index contributed by atoms with van der Waals surface area (Å²) in [4.78, 5) is 0. The van der Waals surface area contributed by atoms with Crippen LogP contribution in [0, 0.1) is 6.92 Å².